The third-order valence-corrected chi connectivity index (χ3v) is 3.92. The van der Waals surface area contributed by atoms with Gasteiger partial charge in [0.15, 0.2) is 0 Å². The number of rotatable bonds is 5. The maximum absolute atomic E-state index is 5.90. The van der Waals surface area contributed by atoms with Crippen molar-refractivity contribution in [2.45, 2.75) is 26.3 Å². The average Bonchev–Trinajstić information content (AvgIpc) is 2.78. The lowest BCUT2D eigenvalue weighted by Gasteiger charge is -2.20. The zero-order chi connectivity index (χ0) is 13.8. The van der Waals surface area contributed by atoms with Crippen molar-refractivity contribution in [1.82, 2.24) is 9.55 Å². The predicted molar refractivity (Wildman–Crippen MR) is 82.1 cm³/mol. The Balaban J connectivity index is 2.24. The van der Waals surface area contributed by atoms with E-state index in [1.54, 1.807) is 0 Å². The third-order valence-electron chi connectivity index (χ3n) is 3.43. The molecule has 1 aromatic heterocycles. The van der Waals surface area contributed by atoms with E-state index in [-0.39, 0.29) is 0 Å². The first kappa shape index (κ1) is 14.3. The van der Waals surface area contributed by atoms with Gasteiger partial charge in [-0.3, -0.25) is 0 Å². The maximum atomic E-state index is 5.90. The minimum atomic E-state index is 0.356. The van der Waals surface area contributed by atoms with Crippen molar-refractivity contribution < 1.29 is 0 Å². The zero-order valence-electron chi connectivity index (χ0n) is 11.4. The summed E-state index contributed by atoms with van der Waals surface area (Å²) >= 11 is 3.51. The molecule has 19 heavy (non-hydrogen) atoms. The molecule has 2 N–H and O–H groups in total. The molecule has 0 aliphatic heterocycles. The molecule has 1 heterocycles. The Hall–Kier alpha value is -1.13. The van der Waals surface area contributed by atoms with Crippen LogP contribution in [0.15, 0.2) is 41.3 Å². The molecule has 102 valence electrons. The molecular formula is C15H20BrN3. The van der Waals surface area contributed by atoms with E-state index in [9.17, 15) is 0 Å². The molecule has 3 nitrogen and oxygen atoms in total. The van der Waals surface area contributed by atoms with Gasteiger partial charge in [0, 0.05) is 35.4 Å². The highest BCUT2D eigenvalue weighted by molar-refractivity contribution is 9.10. The lowest BCUT2D eigenvalue weighted by molar-refractivity contribution is 0.478. The van der Waals surface area contributed by atoms with Gasteiger partial charge < -0.3 is 10.3 Å². The van der Waals surface area contributed by atoms with Crippen LogP contribution >= 0.6 is 15.9 Å². The summed E-state index contributed by atoms with van der Waals surface area (Å²) in [4.78, 5) is 4.29. The molecule has 0 fully saturated rings. The highest BCUT2D eigenvalue weighted by Gasteiger charge is 2.18. The lowest BCUT2D eigenvalue weighted by Crippen LogP contribution is -2.21. The van der Waals surface area contributed by atoms with Gasteiger partial charge in [-0.25, -0.2) is 4.98 Å². The molecular weight excluding hydrogens is 302 g/mol. The summed E-state index contributed by atoms with van der Waals surface area (Å²) in [5.41, 5.74) is 8.38. The Bertz CT molecular complexity index is 534. The number of hydrogen-bond acceptors (Lipinski definition) is 2. The van der Waals surface area contributed by atoms with Crippen LogP contribution in [-0.2, 0) is 6.54 Å². The summed E-state index contributed by atoms with van der Waals surface area (Å²) in [6.45, 7) is 5.89. The van der Waals surface area contributed by atoms with E-state index in [2.05, 4.69) is 57.5 Å². The monoisotopic (exact) mass is 321 g/mol. The summed E-state index contributed by atoms with van der Waals surface area (Å²) in [5.74, 6) is 0.873. The quantitative estimate of drug-likeness (QED) is 0.917. The van der Waals surface area contributed by atoms with E-state index in [1.807, 2.05) is 18.6 Å². The van der Waals surface area contributed by atoms with Gasteiger partial charge >= 0.3 is 0 Å². The summed E-state index contributed by atoms with van der Waals surface area (Å²) < 4.78 is 3.30. The summed E-state index contributed by atoms with van der Waals surface area (Å²) in [6.07, 6.45) is 3.83. The SMILES string of the molecule is CC(C)C(CN)c1cncn1Cc1cccc(Br)c1. The molecule has 0 aliphatic rings. The van der Waals surface area contributed by atoms with Gasteiger partial charge in [-0.05, 0) is 23.6 Å². The molecule has 0 saturated heterocycles. The molecule has 1 unspecified atom stereocenters. The summed E-state index contributed by atoms with van der Waals surface area (Å²) in [5, 5.41) is 0. The smallest absolute Gasteiger partial charge is 0.0951 e. The van der Waals surface area contributed by atoms with Gasteiger partial charge in [-0.2, -0.15) is 0 Å². The zero-order valence-corrected chi connectivity index (χ0v) is 13.0. The standard InChI is InChI=1S/C15H20BrN3/c1-11(2)14(7-17)15-8-18-10-19(15)9-12-4-3-5-13(16)6-12/h3-6,8,10-11,14H,7,9,17H2,1-2H3. The highest BCUT2D eigenvalue weighted by Crippen LogP contribution is 2.24. The van der Waals surface area contributed by atoms with Crippen LogP contribution in [0.25, 0.3) is 0 Å². The Morgan fingerprint density at radius 2 is 2.16 bits per heavy atom. The Morgan fingerprint density at radius 1 is 1.37 bits per heavy atom. The Kier molecular flexibility index (Phi) is 4.77. The molecule has 0 spiro atoms. The predicted octanol–water partition coefficient (Wildman–Crippen LogP) is 3.39. The van der Waals surface area contributed by atoms with Gasteiger partial charge in [0.1, 0.15) is 0 Å². The fourth-order valence-electron chi connectivity index (χ4n) is 2.34. The second kappa shape index (κ2) is 6.35. The van der Waals surface area contributed by atoms with E-state index < -0.39 is 0 Å². The van der Waals surface area contributed by atoms with Crippen molar-refractivity contribution in [2.75, 3.05) is 6.54 Å². The van der Waals surface area contributed by atoms with E-state index in [4.69, 9.17) is 5.73 Å². The minimum absolute atomic E-state index is 0.356. The largest absolute Gasteiger partial charge is 0.330 e. The highest BCUT2D eigenvalue weighted by atomic mass is 79.9. The van der Waals surface area contributed by atoms with Crippen LogP contribution in [0, 0.1) is 5.92 Å². The van der Waals surface area contributed by atoms with Crippen molar-refractivity contribution in [3.63, 3.8) is 0 Å². The van der Waals surface area contributed by atoms with Crippen molar-refractivity contribution in [1.29, 1.82) is 0 Å². The van der Waals surface area contributed by atoms with E-state index in [0.717, 1.165) is 11.0 Å². The van der Waals surface area contributed by atoms with Crippen LogP contribution in [0.2, 0.25) is 0 Å². The third kappa shape index (κ3) is 3.45. The van der Waals surface area contributed by atoms with Crippen LogP contribution in [0.4, 0.5) is 0 Å². The molecule has 0 saturated carbocycles. The van der Waals surface area contributed by atoms with Crippen molar-refractivity contribution in [3.8, 4) is 0 Å². The second-order valence-electron chi connectivity index (χ2n) is 5.16. The maximum Gasteiger partial charge on any atom is 0.0951 e. The number of hydrogen-bond donors (Lipinski definition) is 1. The van der Waals surface area contributed by atoms with Gasteiger partial charge in [0.2, 0.25) is 0 Å². The first-order chi connectivity index (χ1) is 9.11. The van der Waals surface area contributed by atoms with Crippen molar-refractivity contribution in [2.24, 2.45) is 11.7 Å². The molecule has 2 rings (SSSR count). The molecule has 0 amide bonds. The Morgan fingerprint density at radius 3 is 2.79 bits per heavy atom. The molecule has 0 aliphatic carbocycles. The first-order valence-electron chi connectivity index (χ1n) is 6.56. The number of nitrogens with zero attached hydrogens (tertiary/aromatic N) is 2. The van der Waals surface area contributed by atoms with Gasteiger partial charge in [0.25, 0.3) is 0 Å². The first-order valence-corrected chi connectivity index (χ1v) is 7.35. The molecule has 2 aromatic rings. The topological polar surface area (TPSA) is 43.8 Å². The lowest BCUT2D eigenvalue weighted by atomic mass is 9.93. The fraction of sp³-hybridized carbons (Fsp3) is 0.400. The van der Waals surface area contributed by atoms with E-state index >= 15 is 0 Å². The van der Waals surface area contributed by atoms with Crippen molar-refractivity contribution in [3.05, 3.63) is 52.5 Å². The van der Waals surface area contributed by atoms with E-state index in [0.29, 0.717) is 18.4 Å². The summed E-state index contributed by atoms with van der Waals surface area (Å²) in [7, 11) is 0. The molecule has 1 aromatic carbocycles. The number of aromatic nitrogens is 2. The average molecular weight is 322 g/mol. The number of halogens is 1. The Labute approximate surface area is 123 Å². The second-order valence-corrected chi connectivity index (χ2v) is 6.08. The summed E-state index contributed by atoms with van der Waals surface area (Å²) in [6, 6.07) is 8.35. The van der Waals surface area contributed by atoms with Gasteiger partial charge in [-0.15, -0.1) is 0 Å². The van der Waals surface area contributed by atoms with Crippen LogP contribution in [0.5, 0.6) is 0 Å². The normalized spacial score (nSPS) is 12.9. The fourth-order valence-corrected chi connectivity index (χ4v) is 2.78. The van der Waals surface area contributed by atoms with E-state index in [1.165, 1.54) is 11.3 Å². The number of benzene rings is 1. The van der Waals surface area contributed by atoms with Gasteiger partial charge in [-0.1, -0.05) is 41.9 Å². The number of nitrogens with two attached hydrogens (primary N) is 1. The van der Waals surface area contributed by atoms with Crippen LogP contribution < -0.4 is 5.73 Å². The minimum Gasteiger partial charge on any atom is -0.330 e. The van der Waals surface area contributed by atoms with Crippen LogP contribution in [0.3, 0.4) is 0 Å². The number of imidazole rings is 1. The van der Waals surface area contributed by atoms with Gasteiger partial charge in [0.05, 0.1) is 6.33 Å². The molecule has 4 heteroatoms. The molecule has 0 radical (unpaired) electrons. The van der Waals surface area contributed by atoms with Crippen LogP contribution in [0.1, 0.15) is 31.0 Å². The van der Waals surface area contributed by atoms with Crippen LogP contribution in [-0.4, -0.2) is 16.1 Å². The molecule has 0 bridgehead atoms. The van der Waals surface area contributed by atoms with Crippen molar-refractivity contribution >= 4 is 15.9 Å². The molecule has 1 atom stereocenters.